The molecule has 1 fully saturated rings. The molecule has 0 saturated carbocycles. The molecule has 1 aromatic heterocycles. The number of carbonyl (C=O) groups is 1. The zero-order valence-corrected chi connectivity index (χ0v) is 17.6. The molecule has 3 aromatic rings. The molecular weight excluding hydrogens is 414 g/mol. The normalized spacial score (nSPS) is 17.8. The minimum absolute atomic E-state index is 0.0141. The number of aromatic amines is 1. The second-order valence-corrected chi connectivity index (χ2v) is 8.23. The van der Waals surface area contributed by atoms with E-state index in [1.807, 2.05) is 24.3 Å². The fraction of sp³-hybridized carbons (Fsp3) is 0.250. The molecule has 1 atom stereocenters. The Hall–Kier alpha value is -3.09. The summed E-state index contributed by atoms with van der Waals surface area (Å²) < 4.78 is 5.84. The highest BCUT2D eigenvalue weighted by Crippen LogP contribution is 2.44. The molecule has 2 N–H and O–H groups in total. The Balaban J connectivity index is 1.36. The first-order valence-corrected chi connectivity index (χ1v) is 10.7. The quantitative estimate of drug-likeness (QED) is 0.653. The van der Waals surface area contributed by atoms with Gasteiger partial charge in [0.1, 0.15) is 11.6 Å². The van der Waals surface area contributed by atoms with Crippen LogP contribution in [0.4, 0.5) is 4.79 Å². The summed E-state index contributed by atoms with van der Waals surface area (Å²) in [5, 5.41) is 3.40. The van der Waals surface area contributed by atoms with Crippen molar-refractivity contribution in [1.82, 2.24) is 15.2 Å². The van der Waals surface area contributed by atoms with Gasteiger partial charge in [-0.05, 0) is 33.9 Å². The Morgan fingerprint density at radius 3 is 2.45 bits per heavy atom. The lowest BCUT2D eigenvalue weighted by Gasteiger charge is -2.35. The third-order valence-corrected chi connectivity index (χ3v) is 6.36. The van der Waals surface area contributed by atoms with Gasteiger partial charge in [-0.1, -0.05) is 60.1 Å². The van der Waals surface area contributed by atoms with Gasteiger partial charge in [0, 0.05) is 31.7 Å². The molecule has 31 heavy (non-hydrogen) atoms. The molecule has 1 saturated heterocycles. The van der Waals surface area contributed by atoms with Crippen molar-refractivity contribution in [1.29, 1.82) is 0 Å². The summed E-state index contributed by atoms with van der Waals surface area (Å²) in [7, 11) is 0. The van der Waals surface area contributed by atoms with Crippen LogP contribution in [0.1, 0.15) is 28.7 Å². The lowest BCUT2D eigenvalue weighted by molar-refractivity contribution is 0.0752. The third kappa shape index (κ3) is 3.62. The molecule has 2 heterocycles. The summed E-state index contributed by atoms with van der Waals surface area (Å²) in [5.41, 5.74) is 5.18. The fourth-order valence-corrected chi connectivity index (χ4v) is 4.74. The summed E-state index contributed by atoms with van der Waals surface area (Å²) in [6.07, 6.45) is 1.24. The average molecular weight is 436 g/mol. The molecular formula is C24H22ClN3O3. The number of fused-ring (bicyclic) bond motifs is 3. The van der Waals surface area contributed by atoms with E-state index in [0.717, 1.165) is 5.56 Å². The molecule has 1 amide bonds. The van der Waals surface area contributed by atoms with Crippen LogP contribution < -0.4 is 10.9 Å². The van der Waals surface area contributed by atoms with E-state index in [9.17, 15) is 9.59 Å². The number of pyridine rings is 1. The number of hydrogen-bond donors (Lipinski definition) is 2. The van der Waals surface area contributed by atoms with Crippen molar-refractivity contribution in [2.24, 2.45) is 0 Å². The Morgan fingerprint density at radius 2 is 1.77 bits per heavy atom. The minimum atomic E-state index is -0.365. The monoisotopic (exact) mass is 435 g/mol. The third-order valence-electron chi connectivity index (χ3n) is 6.08. The van der Waals surface area contributed by atoms with Crippen molar-refractivity contribution in [3.05, 3.63) is 92.9 Å². The maximum absolute atomic E-state index is 13.1. The van der Waals surface area contributed by atoms with Crippen LogP contribution in [0.5, 0.6) is 0 Å². The number of benzene rings is 2. The van der Waals surface area contributed by atoms with Gasteiger partial charge in [0.2, 0.25) is 0 Å². The van der Waals surface area contributed by atoms with Gasteiger partial charge in [-0.3, -0.25) is 9.69 Å². The van der Waals surface area contributed by atoms with Crippen molar-refractivity contribution in [2.75, 3.05) is 26.2 Å². The molecule has 7 heteroatoms. The number of amides is 1. The van der Waals surface area contributed by atoms with E-state index in [2.05, 4.69) is 34.6 Å². The van der Waals surface area contributed by atoms with Crippen molar-refractivity contribution >= 4 is 17.7 Å². The molecule has 0 bridgehead atoms. The van der Waals surface area contributed by atoms with Crippen LogP contribution in [0.2, 0.25) is 5.02 Å². The number of nitrogens with zero attached hydrogens (tertiary/aromatic N) is 1. The summed E-state index contributed by atoms with van der Waals surface area (Å²) in [6, 6.07) is 17.9. The summed E-state index contributed by atoms with van der Waals surface area (Å²) in [5.74, 6) is 0.0141. The van der Waals surface area contributed by atoms with Gasteiger partial charge in [0.25, 0.3) is 5.56 Å². The number of aromatic nitrogens is 1. The Morgan fingerprint density at radius 1 is 1.10 bits per heavy atom. The topological polar surface area (TPSA) is 74.4 Å². The first kappa shape index (κ1) is 19.8. The van der Waals surface area contributed by atoms with E-state index in [1.165, 1.54) is 22.3 Å². The zero-order valence-electron chi connectivity index (χ0n) is 16.8. The lowest BCUT2D eigenvalue weighted by Crippen LogP contribution is -2.49. The largest absolute Gasteiger partial charge is 0.448 e. The molecule has 2 aliphatic rings. The molecule has 1 unspecified atom stereocenters. The Labute approximate surface area is 184 Å². The SMILES string of the molecule is O=C(OCC1c2ccccc2-c2ccccc21)N1CCNCC1c1c[nH]c(=O)c(Cl)c1. The van der Waals surface area contributed by atoms with Crippen molar-refractivity contribution < 1.29 is 9.53 Å². The number of rotatable bonds is 3. The van der Waals surface area contributed by atoms with E-state index in [4.69, 9.17) is 16.3 Å². The molecule has 0 radical (unpaired) electrons. The molecule has 158 valence electrons. The smallest absolute Gasteiger partial charge is 0.410 e. The molecule has 0 spiro atoms. The molecule has 6 nitrogen and oxygen atoms in total. The van der Waals surface area contributed by atoms with Gasteiger partial charge in [-0.15, -0.1) is 0 Å². The number of ether oxygens (including phenoxy) is 1. The number of carbonyl (C=O) groups excluding carboxylic acids is 1. The highest BCUT2D eigenvalue weighted by atomic mass is 35.5. The molecule has 1 aliphatic heterocycles. The van der Waals surface area contributed by atoms with E-state index >= 15 is 0 Å². The van der Waals surface area contributed by atoms with Crippen LogP contribution in [0.3, 0.4) is 0 Å². The van der Waals surface area contributed by atoms with Crippen LogP contribution in [0, 0.1) is 0 Å². The van der Waals surface area contributed by atoms with Gasteiger partial charge in [-0.25, -0.2) is 4.79 Å². The van der Waals surface area contributed by atoms with Crippen molar-refractivity contribution in [2.45, 2.75) is 12.0 Å². The highest BCUT2D eigenvalue weighted by molar-refractivity contribution is 6.30. The number of nitrogens with one attached hydrogen (secondary N) is 2. The average Bonchev–Trinajstić information content (AvgIpc) is 3.13. The number of hydrogen-bond acceptors (Lipinski definition) is 4. The number of halogens is 1. The van der Waals surface area contributed by atoms with Gasteiger partial charge >= 0.3 is 6.09 Å². The molecule has 1 aliphatic carbocycles. The zero-order chi connectivity index (χ0) is 21.4. The predicted molar refractivity (Wildman–Crippen MR) is 119 cm³/mol. The Kier molecular flexibility index (Phi) is 5.26. The fourth-order valence-electron chi connectivity index (χ4n) is 4.56. The lowest BCUT2D eigenvalue weighted by atomic mass is 9.98. The maximum atomic E-state index is 13.1. The van der Waals surface area contributed by atoms with E-state index in [-0.39, 0.29) is 35.2 Å². The number of H-pyrrole nitrogens is 1. The summed E-state index contributed by atoms with van der Waals surface area (Å²) in [6.45, 7) is 2.03. The highest BCUT2D eigenvalue weighted by Gasteiger charge is 2.32. The van der Waals surface area contributed by atoms with Gasteiger partial charge in [0.05, 0.1) is 6.04 Å². The van der Waals surface area contributed by atoms with Crippen LogP contribution in [-0.4, -0.2) is 42.2 Å². The second kappa shape index (κ2) is 8.21. The standard InChI is InChI=1S/C24H22ClN3O3/c25-21-11-15(12-27-23(21)29)22-13-26-9-10-28(22)24(30)31-14-20-18-7-3-1-5-16(18)17-6-2-4-8-19(17)20/h1-8,11-12,20,22,26H,9-10,13-14H2,(H,27,29). The number of piperazine rings is 1. The van der Waals surface area contributed by atoms with E-state index < -0.39 is 0 Å². The minimum Gasteiger partial charge on any atom is -0.448 e. The predicted octanol–water partition coefficient (Wildman–Crippen LogP) is 3.92. The van der Waals surface area contributed by atoms with Crippen LogP contribution in [0.15, 0.2) is 65.6 Å². The van der Waals surface area contributed by atoms with Crippen molar-refractivity contribution in [3.8, 4) is 11.1 Å². The molecule has 5 rings (SSSR count). The first-order valence-electron chi connectivity index (χ1n) is 10.3. The van der Waals surface area contributed by atoms with Gasteiger partial charge in [-0.2, -0.15) is 0 Å². The van der Waals surface area contributed by atoms with E-state index in [1.54, 1.807) is 17.2 Å². The Bertz CT molecular complexity index is 1150. The van der Waals surface area contributed by atoms with Crippen LogP contribution in [0.25, 0.3) is 11.1 Å². The van der Waals surface area contributed by atoms with Crippen LogP contribution >= 0.6 is 11.6 Å². The second-order valence-electron chi connectivity index (χ2n) is 7.83. The molecule has 2 aromatic carbocycles. The first-order chi connectivity index (χ1) is 15.1. The van der Waals surface area contributed by atoms with Gasteiger partial charge in [0.15, 0.2) is 0 Å². The van der Waals surface area contributed by atoms with Crippen LogP contribution in [-0.2, 0) is 4.74 Å². The summed E-state index contributed by atoms with van der Waals surface area (Å²) >= 11 is 6.00. The van der Waals surface area contributed by atoms with Gasteiger partial charge < -0.3 is 15.0 Å². The maximum Gasteiger partial charge on any atom is 0.410 e. The van der Waals surface area contributed by atoms with E-state index in [0.29, 0.717) is 19.6 Å². The summed E-state index contributed by atoms with van der Waals surface area (Å²) in [4.78, 5) is 29.0. The van der Waals surface area contributed by atoms with Crippen molar-refractivity contribution in [3.63, 3.8) is 0 Å².